The van der Waals surface area contributed by atoms with Gasteiger partial charge in [-0.1, -0.05) is 0 Å². The number of ether oxygens (including phenoxy) is 4. The molecule has 0 spiro atoms. The fraction of sp³-hybridized carbons (Fsp3) is 0.444. The SMILES string of the molecule is O=c1c(O[C@@H]2O[C@H]([C@H](O)CO)[C@H](O)[C@H]2O)c(-c2ccc(O)c(O)c2)oc2cc(O[C@@H]3O[C@H](CO)[C@@H](O)[C@H](O)[C@H]3O)cc(O)c12. The van der Waals surface area contributed by atoms with Gasteiger partial charge in [-0.05, 0) is 18.2 Å². The first-order valence-electron chi connectivity index (χ1n) is 13.2. The van der Waals surface area contributed by atoms with E-state index in [1.165, 1.54) is 6.07 Å². The summed E-state index contributed by atoms with van der Waals surface area (Å²) in [7, 11) is 0. The van der Waals surface area contributed by atoms with Gasteiger partial charge in [0.15, 0.2) is 17.3 Å². The molecule has 2 aliphatic rings. The lowest BCUT2D eigenvalue weighted by atomic mass is 9.99. The van der Waals surface area contributed by atoms with Crippen molar-refractivity contribution in [2.45, 2.75) is 61.4 Å². The molecular formula is C27H30O17. The van der Waals surface area contributed by atoms with Gasteiger partial charge in [-0.3, -0.25) is 4.79 Å². The van der Waals surface area contributed by atoms with Gasteiger partial charge < -0.3 is 79.5 Å². The molecule has 11 N–H and O–H groups in total. The van der Waals surface area contributed by atoms with Crippen molar-refractivity contribution in [3.05, 3.63) is 40.6 Å². The third kappa shape index (κ3) is 5.61. The second-order valence-electron chi connectivity index (χ2n) is 10.2. The molecule has 2 aromatic carbocycles. The summed E-state index contributed by atoms with van der Waals surface area (Å²) < 4.78 is 27.6. The highest BCUT2D eigenvalue weighted by atomic mass is 16.7. The molecule has 3 aromatic rings. The van der Waals surface area contributed by atoms with Crippen LogP contribution in [0.15, 0.2) is 39.5 Å². The van der Waals surface area contributed by atoms with Gasteiger partial charge in [0.2, 0.25) is 23.8 Å². The first kappa shape index (κ1) is 31.7. The number of phenols is 3. The maximum absolute atomic E-state index is 13.7. The van der Waals surface area contributed by atoms with Crippen LogP contribution in [0, 0.1) is 0 Å². The molecule has 0 amide bonds. The van der Waals surface area contributed by atoms with Crippen molar-refractivity contribution in [3.63, 3.8) is 0 Å². The lowest BCUT2D eigenvalue weighted by Gasteiger charge is -2.39. The number of phenolic OH excluding ortho intramolecular Hbond substituents is 3. The number of aliphatic hydroxyl groups excluding tert-OH is 8. The topological polar surface area (TPSA) is 290 Å². The van der Waals surface area contributed by atoms with Gasteiger partial charge in [-0.2, -0.15) is 0 Å². The normalized spacial score (nSPS) is 31.2. The van der Waals surface area contributed by atoms with Crippen LogP contribution >= 0.6 is 0 Å². The van der Waals surface area contributed by atoms with Gasteiger partial charge in [0, 0.05) is 17.7 Å². The second kappa shape index (κ2) is 12.3. The zero-order chi connectivity index (χ0) is 32.0. The molecule has 2 fully saturated rings. The number of hydrogen-bond acceptors (Lipinski definition) is 17. The average molecular weight is 627 g/mol. The lowest BCUT2D eigenvalue weighted by Crippen LogP contribution is -2.60. The summed E-state index contributed by atoms with van der Waals surface area (Å²) in [5.74, 6) is -3.30. The van der Waals surface area contributed by atoms with Crippen molar-refractivity contribution in [2.24, 2.45) is 0 Å². The highest BCUT2D eigenvalue weighted by molar-refractivity contribution is 5.88. The number of fused-ring (bicyclic) bond motifs is 1. The van der Waals surface area contributed by atoms with Crippen LogP contribution in [0.4, 0.5) is 0 Å². The second-order valence-corrected chi connectivity index (χ2v) is 10.2. The summed E-state index contributed by atoms with van der Waals surface area (Å²) >= 11 is 0. The molecule has 0 saturated carbocycles. The zero-order valence-electron chi connectivity index (χ0n) is 22.4. The van der Waals surface area contributed by atoms with Gasteiger partial charge in [0.05, 0.1) is 13.2 Å². The Morgan fingerprint density at radius 2 is 1.45 bits per heavy atom. The maximum Gasteiger partial charge on any atom is 0.239 e. The number of hydrogen-bond donors (Lipinski definition) is 11. The molecule has 3 heterocycles. The minimum atomic E-state index is -1.83. The first-order valence-corrected chi connectivity index (χ1v) is 13.2. The summed E-state index contributed by atoms with van der Waals surface area (Å²) in [6, 6.07) is 5.30. The van der Waals surface area contributed by atoms with E-state index in [4.69, 9.17) is 23.4 Å². The number of aromatic hydroxyl groups is 3. The Labute approximate surface area is 246 Å². The average Bonchev–Trinajstić information content (AvgIpc) is 3.28. The quantitative estimate of drug-likeness (QED) is 0.111. The van der Waals surface area contributed by atoms with Crippen molar-refractivity contribution in [1.82, 2.24) is 0 Å². The summed E-state index contributed by atoms with van der Waals surface area (Å²) in [5, 5.41) is 110. The molecule has 17 nitrogen and oxygen atoms in total. The molecule has 240 valence electrons. The Kier molecular flexibility index (Phi) is 8.87. The smallest absolute Gasteiger partial charge is 0.239 e. The molecule has 44 heavy (non-hydrogen) atoms. The van der Waals surface area contributed by atoms with Crippen LogP contribution in [0.1, 0.15) is 0 Å². The van der Waals surface area contributed by atoms with E-state index in [1.807, 2.05) is 0 Å². The van der Waals surface area contributed by atoms with E-state index in [2.05, 4.69) is 0 Å². The van der Waals surface area contributed by atoms with E-state index >= 15 is 0 Å². The lowest BCUT2D eigenvalue weighted by molar-refractivity contribution is -0.277. The molecular weight excluding hydrogens is 596 g/mol. The van der Waals surface area contributed by atoms with Crippen LogP contribution in [0.2, 0.25) is 0 Å². The Bertz CT molecular complexity index is 1560. The Balaban J connectivity index is 1.58. The van der Waals surface area contributed by atoms with Crippen molar-refractivity contribution in [1.29, 1.82) is 0 Å². The first-order chi connectivity index (χ1) is 20.9. The van der Waals surface area contributed by atoms with Gasteiger partial charge in [0.1, 0.15) is 71.3 Å². The predicted octanol–water partition coefficient (Wildman–Crippen LogP) is -3.07. The van der Waals surface area contributed by atoms with E-state index in [-0.39, 0.29) is 16.9 Å². The molecule has 2 saturated heterocycles. The molecule has 0 unspecified atom stereocenters. The highest BCUT2D eigenvalue weighted by Gasteiger charge is 2.48. The van der Waals surface area contributed by atoms with Crippen molar-refractivity contribution in [3.8, 4) is 40.1 Å². The molecule has 5 rings (SSSR count). The summed E-state index contributed by atoms with van der Waals surface area (Å²) in [4.78, 5) is 13.7. The summed E-state index contributed by atoms with van der Waals surface area (Å²) in [5.41, 5.74) is -1.47. The monoisotopic (exact) mass is 626 g/mol. The summed E-state index contributed by atoms with van der Waals surface area (Å²) in [6.45, 7) is -1.57. The Hall–Kier alpha value is -3.75. The Morgan fingerprint density at radius 1 is 0.773 bits per heavy atom. The Morgan fingerprint density at radius 3 is 2.11 bits per heavy atom. The van der Waals surface area contributed by atoms with E-state index in [9.17, 15) is 61.0 Å². The highest BCUT2D eigenvalue weighted by Crippen LogP contribution is 2.40. The van der Waals surface area contributed by atoms with Crippen LogP contribution in [0.25, 0.3) is 22.3 Å². The van der Waals surface area contributed by atoms with Gasteiger partial charge >= 0.3 is 0 Å². The van der Waals surface area contributed by atoms with E-state index in [1.54, 1.807) is 0 Å². The molecule has 2 aliphatic heterocycles. The third-order valence-corrected chi connectivity index (χ3v) is 7.30. The van der Waals surface area contributed by atoms with Crippen molar-refractivity contribution >= 4 is 11.0 Å². The number of aliphatic hydroxyl groups is 8. The standard InChI is InChI=1S/C27H30O17/c28-6-13(33)24-20(37)22(39)27(43-24)44-25-18(35)16-12(32)4-9(40-26-21(38)19(36)17(34)15(7-29)42-26)5-14(16)41-23(25)8-1-2-10(30)11(31)3-8/h1-5,13,15,17,19-22,24,26-34,36-39H,6-7H2/t13-,15-,17-,19+,20-,21-,22-,24-,26-,27+/m1/s1. The number of rotatable bonds is 8. The largest absolute Gasteiger partial charge is 0.507 e. The minimum Gasteiger partial charge on any atom is -0.507 e. The van der Waals surface area contributed by atoms with E-state index < -0.39 is 114 Å². The van der Waals surface area contributed by atoms with Crippen molar-refractivity contribution in [2.75, 3.05) is 13.2 Å². The van der Waals surface area contributed by atoms with Crippen LogP contribution in [0.5, 0.6) is 28.7 Å². The number of benzene rings is 2. The summed E-state index contributed by atoms with van der Waals surface area (Å²) in [6.07, 6.45) is -16.7. The van der Waals surface area contributed by atoms with Crippen LogP contribution in [-0.4, -0.2) is 131 Å². The minimum absolute atomic E-state index is 0.0611. The molecule has 0 bridgehead atoms. The molecule has 10 atom stereocenters. The molecule has 1 aromatic heterocycles. The van der Waals surface area contributed by atoms with Gasteiger partial charge in [-0.15, -0.1) is 0 Å². The zero-order valence-corrected chi connectivity index (χ0v) is 22.4. The van der Waals surface area contributed by atoms with Gasteiger partial charge in [-0.25, -0.2) is 0 Å². The predicted molar refractivity (Wildman–Crippen MR) is 142 cm³/mol. The van der Waals surface area contributed by atoms with Crippen LogP contribution < -0.4 is 14.9 Å². The van der Waals surface area contributed by atoms with Crippen LogP contribution in [0.3, 0.4) is 0 Å². The maximum atomic E-state index is 13.7. The fourth-order valence-electron chi connectivity index (χ4n) is 4.89. The van der Waals surface area contributed by atoms with Crippen LogP contribution in [-0.2, 0) is 9.47 Å². The van der Waals surface area contributed by atoms with Gasteiger partial charge in [0.25, 0.3) is 0 Å². The third-order valence-electron chi connectivity index (χ3n) is 7.30. The van der Waals surface area contributed by atoms with E-state index in [0.717, 1.165) is 24.3 Å². The fourth-order valence-corrected chi connectivity index (χ4v) is 4.89. The van der Waals surface area contributed by atoms with Crippen molar-refractivity contribution < 1.29 is 79.5 Å². The molecule has 0 radical (unpaired) electrons. The molecule has 0 aliphatic carbocycles. The van der Waals surface area contributed by atoms with E-state index in [0.29, 0.717) is 0 Å². The molecule has 17 heteroatoms.